The molecule has 0 saturated heterocycles. The first-order valence-corrected chi connectivity index (χ1v) is 11.0. The fourth-order valence-corrected chi connectivity index (χ4v) is 4.70. The largest absolute Gasteiger partial charge is 0.497 e. The third-order valence-electron chi connectivity index (χ3n) is 5.25. The Kier molecular flexibility index (Phi) is 6.27. The zero-order chi connectivity index (χ0) is 20.2. The van der Waals surface area contributed by atoms with Gasteiger partial charge < -0.3 is 14.6 Å². The molecule has 6 nitrogen and oxygen atoms in total. The third kappa shape index (κ3) is 4.84. The molecule has 7 heteroatoms. The number of benzene rings is 2. The summed E-state index contributed by atoms with van der Waals surface area (Å²) in [6.45, 7) is -0.0305. The Morgan fingerprint density at radius 2 is 1.75 bits per heavy atom. The molecular weight excluding hydrogens is 378 g/mol. The Bertz CT molecular complexity index is 911. The van der Waals surface area contributed by atoms with Gasteiger partial charge in [0, 0.05) is 6.54 Å². The molecule has 0 heterocycles. The highest BCUT2D eigenvalue weighted by atomic mass is 32.2. The Morgan fingerprint density at radius 3 is 2.43 bits per heavy atom. The monoisotopic (exact) mass is 405 g/mol. The minimum Gasteiger partial charge on any atom is -0.497 e. The molecule has 0 aromatic heterocycles. The van der Waals surface area contributed by atoms with Crippen molar-refractivity contribution in [3.63, 3.8) is 0 Å². The zero-order valence-electron chi connectivity index (χ0n) is 16.3. The van der Waals surface area contributed by atoms with Crippen LogP contribution in [0.1, 0.15) is 29.5 Å². The topological polar surface area (TPSA) is 84.9 Å². The highest BCUT2D eigenvalue weighted by Gasteiger charge is 2.35. The number of hydrogen-bond donors (Lipinski definition) is 2. The Labute approximate surface area is 166 Å². The van der Waals surface area contributed by atoms with Crippen molar-refractivity contribution >= 4 is 10.0 Å². The molecule has 3 rings (SSSR count). The minimum absolute atomic E-state index is 0.0305. The summed E-state index contributed by atoms with van der Waals surface area (Å²) in [5.41, 5.74) is 1.50. The molecule has 0 aliphatic heterocycles. The van der Waals surface area contributed by atoms with Gasteiger partial charge in [-0.25, -0.2) is 13.1 Å². The average Bonchev–Trinajstić information content (AvgIpc) is 2.71. The van der Waals surface area contributed by atoms with Crippen LogP contribution in [0.3, 0.4) is 0 Å². The quantitative estimate of drug-likeness (QED) is 0.704. The summed E-state index contributed by atoms with van der Waals surface area (Å²) in [6.07, 6.45) is 2.56. The van der Waals surface area contributed by atoms with Crippen molar-refractivity contribution in [2.24, 2.45) is 0 Å². The molecular formula is C21H27NO5S. The number of rotatable bonds is 8. The van der Waals surface area contributed by atoms with Crippen LogP contribution in [0.15, 0.2) is 42.5 Å². The first-order chi connectivity index (χ1) is 13.3. The second-order valence-corrected chi connectivity index (χ2v) is 9.07. The van der Waals surface area contributed by atoms with Gasteiger partial charge >= 0.3 is 0 Å². The maximum absolute atomic E-state index is 12.5. The summed E-state index contributed by atoms with van der Waals surface area (Å²) < 4.78 is 37.9. The van der Waals surface area contributed by atoms with E-state index in [-0.39, 0.29) is 12.3 Å². The number of aryl methyl sites for hydroxylation is 2. The number of ether oxygens (including phenoxy) is 2. The van der Waals surface area contributed by atoms with Gasteiger partial charge in [0.1, 0.15) is 17.1 Å². The normalized spacial score (nSPS) is 19.1. The van der Waals surface area contributed by atoms with E-state index in [1.54, 1.807) is 20.3 Å². The third-order valence-corrected chi connectivity index (χ3v) is 6.58. The lowest BCUT2D eigenvalue weighted by molar-refractivity contribution is 0.0242. The predicted octanol–water partition coefficient (Wildman–Crippen LogP) is 2.39. The van der Waals surface area contributed by atoms with Crippen molar-refractivity contribution in [3.8, 4) is 11.5 Å². The fourth-order valence-electron chi connectivity index (χ4n) is 3.59. The molecule has 28 heavy (non-hydrogen) atoms. The van der Waals surface area contributed by atoms with Gasteiger partial charge in [-0.05, 0) is 66.6 Å². The van der Waals surface area contributed by atoms with Gasteiger partial charge in [0.05, 0.1) is 20.0 Å². The molecule has 0 bridgehead atoms. The average molecular weight is 406 g/mol. The van der Waals surface area contributed by atoms with E-state index in [0.29, 0.717) is 12.8 Å². The summed E-state index contributed by atoms with van der Waals surface area (Å²) in [7, 11) is -0.319. The van der Waals surface area contributed by atoms with Crippen molar-refractivity contribution in [1.29, 1.82) is 0 Å². The standard InChI is InChI=1S/C21H27NO5S/c1-26-18-7-5-16(6-8-18)11-13-28(24,25)22-15-21(23)12-3-4-17-14-19(27-2)9-10-20(17)21/h5-10,14,22-23H,3-4,11-13,15H2,1-2H3. The van der Waals surface area contributed by atoms with E-state index in [2.05, 4.69) is 4.72 Å². The van der Waals surface area contributed by atoms with Gasteiger partial charge in [0.2, 0.25) is 10.0 Å². The summed E-state index contributed by atoms with van der Waals surface area (Å²) in [5, 5.41) is 11.1. The van der Waals surface area contributed by atoms with E-state index >= 15 is 0 Å². The van der Waals surface area contributed by atoms with Crippen LogP contribution in [0.25, 0.3) is 0 Å². The lowest BCUT2D eigenvalue weighted by Crippen LogP contribution is -2.43. The molecule has 1 aliphatic rings. The molecule has 1 unspecified atom stereocenters. The van der Waals surface area contributed by atoms with Crippen LogP contribution in [0.4, 0.5) is 0 Å². The van der Waals surface area contributed by atoms with Gasteiger partial charge in [0.25, 0.3) is 0 Å². The van der Waals surface area contributed by atoms with Crippen LogP contribution in [-0.4, -0.2) is 40.0 Å². The van der Waals surface area contributed by atoms with Crippen molar-refractivity contribution in [2.75, 3.05) is 26.5 Å². The van der Waals surface area contributed by atoms with E-state index in [9.17, 15) is 13.5 Å². The number of sulfonamides is 1. The van der Waals surface area contributed by atoms with Crippen LogP contribution in [0.5, 0.6) is 11.5 Å². The van der Waals surface area contributed by atoms with Crippen LogP contribution in [0, 0.1) is 0 Å². The van der Waals surface area contributed by atoms with Crippen LogP contribution in [-0.2, 0) is 28.5 Å². The van der Waals surface area contributed by atoms with Gasteiger partial charge in [0.15, 0.2) is 0 Å². The Hall–Kier alpha value is -2.09. The molecule has 2 N–H and O–H groups in total. The maximum atomic E-state index is 12.5. The molecule has 0 spiro atoms. The highest BCUT2D eigenvalue weighted by Crippen LogP contribution is 2.36. The summed E-state index contributed by atoms with van der Waals surface area (Å²) >= 11 is 0. The molecule has 2 aromatic carbocycles. The van der Waals surface area contributed by atoms with E-state index in [4.69, 9.17) is 9.47 Å². The Morgan fingerprint density at radius 1 is 1.07 bits per heavy atom. The molecule has 0 saturated carbocycles. The highest BCUT2D eigenvalue weighted by molar-refractivity contribution is 7.89. The maximum Gasteiger partial charge on any atom is 0.212 e. The first-order valence-electron chi connectivity index (χ1n) is 9.35. The molecule has 1 atom stereocenters. The van der Waals surface area contributed by atoms with Gasteiger partial charge in [-0.3, -0.25) is 0 Å². The van der Waals surface area contributed by atoms with Crippen molar-refractivity contribution in [2.45, 2.75) is 31.3 Å². The van der Waals surface area contributed by atoms with Crippen LogP contribution >= 0.6 is 0 Å². The van der Waals surface area contributed by atoms with E-state index < -0.39 is 15.6 Å². The van der Waals surface area contributed by atoms with Gasteiger partial charge in [-0.1, -0.05) is 18.2 Å². The lowest BCUT2D eigenvalue weighted by Gasteiger charge is -2.34. The predicted molar refractivity (Wildman–Crippen MR) is 108 cm³/mol. The van der Waals surface area contributed by atoms with Gasteiger partial charge in [-0.15, -0.1) is 0 Å². The molecule has 152 valence electrons. The van der Waals surface area contributed by atoms with E-state index in [0.717, 1.165) is 41.0 Å². The summed E-state index contributed by atoms with van der Waals surface area (Å²) in [6, 6.07) is 12.9. The summed E-state index contributed by atoms with van der Waals surface area (Å²) in [4.78, 5) is 0. The number of methoxy groups -OCH3 is 2. The number of fused-ring (bicyclic) bond motifs is 1. The zero-order valence-corrected chi connectivity index (χ0v) is 17.1. The number of aliphatic hydroxyl groups is 1. The smallest absolute Gasteiger partial charge is 0.212 e. The second kappa shape index (κ2) is 8.51. The molecule has 1 aliphatic carbocycles. The lowest BCUT2D eigenvalue weighted by atomic mass is 9.79. The van der Waals surface area contributed by atoms with Crippen LogP contribution < -0.4 is 14.2 Å². The first kappa shape index (κ1) is 20.6. The van der Waals surface area contributed by atoms with E-state index in [1.165, 1.54) is 0 Å². The molecule has 0 radical (unpaired) electrons. The van der Waals surface area contributed by atoms with Crippen LogP contribution in [0.2, 0.25) is 0 Å². The Balaban J connectivity index is 1.64. The van der Waals surface area contributed by atoms with Crippen molar-refractivity contribution in [1.82, 2.24) is 4.72 Å². The minimum atomic E-state index is -3.51. The van der Waals surface area contributed by atoms with Crippen molar-refractivity contribution in [3.05, 3.63) is 59.2 Å². The van der Waals surface area contributed by atoms with Crippen molar-refractivity contribution < 1.29 is 23.0 Å². The molecule has 2 aromatic rings. The number of nitrogens with one attached hydrogen (secondary N) is 1. The SMILES string of the molecule is COc1ccc(CCS(=O)(=O)NCC2(O)CCCc3cc(OC)ccc32)cc1. The van der Waals surface area contributed by atoms with E-state index in [1.807, 2.05) is 36.4 Å². The molecule has 0 amide bonds. The molecule has 0 fully saturated rings. The number of hydrogen-bond acceptors (Lipinski definition) is 5. The summed E-state index contributed by atoms with van der Waals surface area (Å²) in [5.74, 6) is 1.44. The van der Waals surface area contributed by atoms with Gasteiger partial charge in [-0.2, -0.15) is 0 Å². The second-order valence-electron chi connectivity index (χ2n) is 7.15. The fraction of sp³-hybridized carbons (Fsp3) is 0.429.